The minimum atomic E-state index is -1.06. The fourth-order valence-electron chi connectivity index (χ4n) is 4.18. The molecular formula is C26H32N4O5. The fourth-order valence-corrected chi connectivity index (χ4v) is 4.18. The first kappa shape index (κ1) is 25.9. The SMILES string of the molecule is CC(NC(=O)C(N)Cc1ccccc1)C(=O)NC(Cc1ccccc1)C(=O)N1CCCC1C(=O)O. The van der Waals surface area contributed by atoms with Crippen molar-refractivity contribution in [1.82, 2.24) is 15.5 Å². The van der Waals surface area contributed by atoms with Crippen LogP contribution < -0.4 is 16.4 Å². The molecule has 0 bridgehead atoms. The third-order valence-electron chi connectivity index (χ3n) is 6.11. The topological polar surface area (TPSA) is 142 Å². The monoisotopic (exact) mass is 480 g/mol. The highest BCUT2D eigenvalue weighted by molar-refractivity contribution is 5.94. The van der Waals surface area contributed by atoms with Gasteiger partial charge in [0.1, 0.15) is 18.1 Å². The molecule has 186 valence electrons. The summed E-state index contributed by atoms with van der Waals surface area (Å²) in [6.07, 6.45) is 1.48. The highest BCUT2D eigenvalue weighted by Crippen LogP contribution is 2.19. The van der Waals surface area contributed by atoms with Crippen LogP contribution in [0.3, 0.4) is 0 Å². The highest BCUT2D eigenvalue weighted by Gasteiger charge is 2.38. The van der Waals surface area contributed by atoms with E-state index in [-0.39, 0.29) is 6.42 Å². The van der Waals surface area contributed by atoms with Crippen LogP contribution >= 0.6 is 0 Å². The molecule has 1 aliphatic rings. The second-order valence-corrected chi connectivity index (χ2v) is 8.81. The first-order valence-corrected chi connectivity index (χ1v) is 11.7. The number of carbonyl (C=O) groups excluding carboxylic acids is 3. The summed E-state index contributed by atoms with van der Waals surface area (Å²) in [7, 11) is 0. The molecule has 2 aromatic carbocycles. The molecule has 9 nitrogen and oxygen atoms in total. The van der Waals surface area contributed by atoms with Crippen LogP contribution in [0.1, 0.15) is 30.9 Å². The molecule has 4 unspecified atom stereocenters. The number of benzene rings is 2. The first-order valence-electron chi connectivity index (χ1n) is 11.7. The summed E-state index contributed by atoms with van der Waals surface area (Å²) in [6, 6.07) is 14.8. The van der Waals surface area contributed by atoms with Crippen LogP contribution in [0.25, 0.3) is 0 Å². The number of rotatable bonds is 10. The van der Waals surface area contributed by atoms with E-state index in [2.05, 4.69) is 10.6 Å². The second kappa shape index (κ2) is 12.1. The molecule has 0 spiro atoms. The normalized spacial score (nSPS) is 17.8. The van der Waals surface area contributed by atoms with Crippen molar-refractivity contribution in [3.63, 3.8) is 0 Å². The molecule has 0 aromatic heterocycles. The van der Waals surface area contributed by atoms with Crippen molar-refractivity contribution in [2.75, 3.05) is 6.54 Å². The molecule has 2 aromatic rings. The summed E-state index contributed by atoms with van der Waals surface area (Å²) in [5.41, 5.74) is 7.74. The van der Waals surface area contributed by atoms with E-state index in [4.69, 9.17) is 5.73 Å². The molecule has 9 heteroatoms. The Morgan fingerprint density at radius 3 is 2.09 bits per heavy atom. The molecule has 1 aliphatic heterocycles. The van der Waals surface area contributed by atoms with Crippen molar-refractivity contribution in [3.8, 4) is 0 Å². The van der Waals surface area contributed by atoms with E-state index in [9.17, 15) is 24.3 Å². The van der Waals surface area contributed by atoms with Gasteiger partial charge in [-0.05, 0) is 37.3 Å². The molecule has 3 rings (SSSR count). The maximum Gasteiger partial charge on any atom is 0.326 e. The van der Waals surface area contributed by atoms with Gasteiger partial charge in [-0.2, -0.15) is 0 Å². The van der Waals surface area contributed by atoms with E-state index in [0.29, 0.717) is 25.8 Å². The average Bonchev–Trinajstić information content (AvgIpc) is 3.35. The third kappa shape index (κ3) is 7.13. The molecule has 35 heavy (non-hydrogen) atoms. The van der Waals surface area contributed by atoms with Crippen LogP contribution in [-0.4, -0.2) is 64.4 Å². The number of amides is 3. The Bertz CT molecular complexity index is 1030. The smallest absolute Gasteiger partial charge is 0.326 e. The lowest BCUT2D eigenvalue weighted by atomic mass is 10.0. The summed E-state index contributed by atoms with van der Waals surface area (Å²) in [5, 5.41) is 14.8. The summed E-state index contributed by atoms with van der Waals surface area (Å²) in [5.74, 6) is -2.54. The lowest BCUT2D eigenvalue weighted by Gasteiger charge is -2.28. The van der Waals surface area contributed by atoms with Crippen molar-refractivity contribution < 1.29 is 24.3 Å². The lowest BCUT2D eigenvalue weighted by molar-refractivity contribution is -0.149. The maximum absolute atomic E-state index is 13.3. The van der Waals surface area contributed by atoms with Gasteiger partial charge in [0, 0.05) is 13.0 Å². The van der Waals surface area contributed by atoms with Crippen LogP contribution in [0.2, 0.25) is 0 Å². The Morgan fingerprint density at radius 2 is 1.51 bits per heavy atom. The Hall–Kier alpha value is -3.72. The molecule has 4 atom stereocenters. The van der Waals surface area contributed by atoms with Crippen LogP contribution in [0.4, 0.5) is 0 Å². The zero-order valence-electron chi connectivity index (χ0n) is 19.7. The largest absolute Gasteiger partial charge is 0.480 e. The van der Waals surface area contributed by atoms with Gasteiger partial charge < -0.3 is 26.4 Å². The van der Waals surface area contributed by atoms with Gasteiger partial charge in [0.05, 0.1) is 6.04 Å². The van der Waals surface area contributed by atoms with Crippen LogP contribution in [0.5, 0.6) is 0 Å². The molecule has 3 amide bonds. The van der Waals surface area contributed by atoms with E-state index in [1.807, 2.05) is 60.7 Å². The van der Waals surface area contributed by atoms with Gasteiger partial charge in [-0.1, -0.05) is 60.7 Å². The molecule has 5 N–H and O–H groups in total. The van der Waals surface area contributed by atoms with Gasteiger partial charge in [-0.3, -0.25) is 14.4 Å². The van der Waals surface area contributed by atoms with Gasteiger partial charge in [0.2, 0.25) is 17.7 Å². The average molecular weight is 481 g/mol. The number of carboxylic acids is 1. The number of aliphatic carboxylic acids is 1. The summed E-state index contributed by atoms with van der Waals surface area (Å²) in [4.78, 5) is 51.7. The lowest BCUT2D eigenvalue weighted by Crippen LogP contribution is -2.57. The van der Waals surface area contributed by atoms with Crippen molar-refractivity contribution in [2.24, 2.45) is 5.73 Å². The van der Waals surface area contributed by atoms with E-state index in [1.54, 1.807) is 0 Å². The van der Waals surface area contributed by atoms with Gasteiger partial charge in [-0.25, -0.2) is 4.79 Å². The third-order valence-corrected chi connectivity index (χ3v) is 6.11. The van der Waals surface area contributed by atoms with Crippen molar-refractivity contribution in [3.05, 3.63) is 71.8 Å². The van der Waals surface area contributed by atoms with Crippen molar-refractivity contribution in [1.29, 1.82) is 0 Å². The fraction of sp³-hybridized carbons (Fsp3) is 0.385. The Morgan fingerprint density at radius 1 is 0.943 bits per heavy atom. The number of hydrogen-bond acceptors (Lipinski definition) is 5. The first-order chi connectivity index (χ1) is 16.8. The van der Waals surface area contributed by atoms with E-state index in [0.717, 1.165) is 11.1 Å². The Labute approximate surface area is 204 Å². The number of hydrogen-bond donors (Lipinski definition) is 4. The quantitative estimate of drug-likeness (QED) is 0.397. The van der Waals surface area contributed by atoms with Crippen molar-refractivity contribution in [2.45, 2.75) is 56.8 Å². The van der Waals surface area contributed by atoms with Gasteiger partial charge in [0.15, 0.2) is 0 Å². The number of nitrogens with zero attached hydrogens (tertiary/aromatic N) is 1. The van der Waals surface area contributed by atoms with Gasteiger partial charge >= 0.3 is 5.97 Å². The van der Waals surface area contributed by atoms with Crippen LogP contribution in [0, 0.1) is 0 Å². The zero-order valence-corrected chi connectivity index (χ0v) is 19.7. The van der Waals surface area contributed by atoms with E-state index < -0.39 is 47.9 Å². The molecule has 1 heterocycles. The number of carboxylic acid groups (broad SMARTS) is 1. The standard InChI is InChI=1S/C26H32N4O5/c1-17(28-24(32)20(27)15-18-9-4-2-5-10-18)23(31)29-21(16-19-11-6-3-7-12-19)25(33)30-14-8-13-22(30)26(34)35/h2-7,9-12,17,20-22H,8,13-16,27H2,1H3,(H,28,32)(H,29,31)(H,34,35). The predicted molar refractivity (Wildman–Crippen MR) is 130 cm³/mol. The Balaban J connectivity index is 1.66. The van der Waals surface area contributed by atoms with Crippen LogP contribution in [0.15, 0.2) is 60.7 Å². The maximum atomic E-state index is 13.3. The van der Waals surface area contributed by atoms with Gasteiger partial charge in [0.25, 0.3) is 0 Å². The zero-order chi connectivity index (χ0) is 25.4. The van der Waals surface area contributed by atoms with Crippen molar-refractivity contribution >= 4 is 23.7 Å². The second-order valence-electron chi connectivity index (χ2n) is 8.81. The number of likely N-dealkylation sites (tertiary alicyclic amines) is 1. The van der Waals surface area contributed by atoms with E-state index in [1.165, 1.54) is 11.8 Å². The summed E-state index contributed by atoms with van der Waals surface area (Å²) in [6.45, 7) is 1.83. The molecule has 0 radical (unpaired) electrons. The molecule has 1 saturated heterocycles. The summed E-state index contributed by atoms with van der Waals surface area (Å²) < 4.78 is 0. The number of nitrogens with two attached hydrogens (primary N) is 1. The molecular weight excluding hydrogens is 448 g/mol. The Kier molecular flexibility index (Phi) is 8.97. The minimum Gasteiger partial charge on any atom is -0.480 e. The minimum absolute atomic E-state index is 0.197. The molecule has 0 saturated carbocycles. The molecule has 0 aliphatic carbocycles. The van der Waals surface area contributed by atoms with Gasteiger partial charge in [-0.15, -0.1) is 0 Å². The number of nitrogens with one attached hydrogen (secondary N) is 2. The highest BCUT2D eigenvalue weighted by atomic mass is 16.4. The number of carbonyl (C=O) groups is 4. The summed E-state index contributed by atoms with van der Waals surface area (Å²) >= 11 is 0. The van der Waals surface area contributed by atoms with Crippen LogP contribution in [-0.2, 0) is 32.0 Å². The predicted octanol–water partition coefficient (Wildman–Crippen LogP) is 0.864. The van der Waals surface area contributed by atoms with E-state index >= 15 is 0 Å². The molecule has 1 fully saturated rings.